The molecule has 2 N–H and O–H groups in total. The second-order valence-electron chi connectivity index (χ2n) is 5.82. The highest BCUT2D eigenvalue weighted by atomic mass is 16.4. The molecule has 114 valence electrons. The number of likely N-dealkylation sites (tertiary alicyclic amines) is 1. The lowest BCUT2D eigenvalue weighted by Crippen LogP contribution is -2.51. The van der Waals surface area contributed by atoms with Crippen molar-refractivity contribution in [2.75, 3.05) is 6.54 Å². The molecule has 0 aliphatic carbocycles. The van der Waals surface area contributed by atoms with Gasteiger partial charge in [-0.3, -0.25) is 9.59 Å². The monoisotopic (exact) mass is 292 g/mol. The number of aromatic nitrogens is 1. The zero-order valence-corrected chi connectivity index (χ0v) is 12.5. The zero-order valence-electron chi connectivity index (χ0n) is 12.5. The zero-order chi connectivity index (χ0) is 15.7. The van der Waals surface area contributed by atoms with Crippen molar-refractivity contribution >= 4 is 11.9 Å². The van der Waals surface area contributed by atoms with Crippen molar-refractivity contribution in [3.05, 3.63) is 33.2 Å². The van der Waals surface area contributed by atoms with Crippen LogP contribution in [0.3, 0.4) is 0 Å². The SMILES string of the molecule is Cc1cc(C)c(C(=O)N2CCC(C)CC2C(=O)O)c(=O)[nH]1. The Morgan fingerprint density at radius 2 is 2.05 bits per heavy atom. The minimum Gasteiger partial charge on any atom is -0.480 e. The molecule has 1 aliphatic rings. The molecule has 0 spiro atoms. The van der Waals surface area contributed by atoms with Crippen LogP contribution in [0.15, 0.2) is 10.9 Å². The topological polar surface area (TPSA) is 90.5 Å². The van der Waals surface area contributed by atoms with Gasteiger partial charge < -0.3 is 15.0 Å². The summed E-state index contributed by atoms with van der Waals surface area (Å²) >= 11 is 0. The van der Waals surface area contributed by atoms with Crippen molar-refractivity contribution in [2.45, 2.75) is 39.7 Å². The first-order valence-corrected chi connectivity index (χ1v) is 7.05. The molecule has 1 aromatic rings. The van der Waals surface area contributed by atoms with Crippen LogP contribution in [-0.4, -0.2) is 39.5 Å². The molecule has 1 aliphatic heterocycles. The van der Waals surface area contributed by atoms with Gasteiger partial charge in [0.2, 0.25) is 0 Å². The number of nitrogens with zero attached hydrogens (tertiary/aromatic N) is 1. The smallest absolute Gasteiger partial charge is 0.326 e. The Bertz CT molecular complexity index is 635. The van der Waals surface area contributed by atoms with Crippen LogP contribution < -0.4 is 5.56 Å². The van der Waals surface area contributed by atoms with E-state index in [9.17, 15) is 19.5 Å². The maximum atomic E-state index is 12.6. The number of carbonyl (C=O) groups is 2. The third-order valence-corrected chi connectivity index (χ3v) is 3.99. The van der Waals surface area contributed by atoms with E-state index >= 15 is 0 Å². The predicted molar refractivity (Wildman–Crippen MR) is 77.4 cm³/mol. The lowest BCUT2D eigenvalue weighted by Gasteiger charge is -2.36. The number of aliphatic carboxylic acids is 1. The fourth-order valence-electron chi connectivity index (χ4n) is 2.88. The molecule has 0 saturated carbocycles. The lowest BCUT2D eigenvalue weighted by molar-refractivity contribution is -0.144. The summed E-state index contributed by atoms with van der Waals surface area (Å²) in [7, 11) is 0. The summed E-state index contributed by atoms with van der Waals surface area (Å²) in [6, 6.07) is 0.859. The van der Waals surface area contributed by atoms with Crippen LogP contribution in [0.5, 0.6) is 0 Å². The van der Waals surface area contributed by atoms with E-state index in [0.29, 0.717) is 24.2 Å². The number of aromatic amines is 1. The second-order valence-corrected chi connectivity index (χ2v) is 5.82. The average Bonchev–Trinajstić information content (AvgIpc) is 2.36. The molecule has 6 heteroatoms. The molecular formula is C15H20N2O4. The van der Waals surface area contributed by atoms with Crippen LogP contribution in [0, 0.1) is 19.8 Å². The summed E-state index contributed by atoms with van der Waals surface area (Å²) in [6.07, 6.45) is 1.17. The first-order valence-electron chi connectivity index (χ1n) is 7.05. The van der Waals surface area contributed by atoms with Gasteiger partial charge in [0.25, 0.3) is 11.5 Å². The van der Waals surface area contributed by atoms with E-state index in [2.05, 4.69) is 4.98 Å². The number of pyridine rings is 1. The van der Waals surface area contributed by atoms with Crippen LogP contribution >= 0.6 is 0 Å². The molecule has 21 heavy (non-hydrogen) atoms. The summed E-state index contributed by atoms with van der Waals surface area (Å²) in [4.78, 5) is 40.0. The normalized spacial score (nSPS) is 22.1. The maximum Gasteiger partial charge on any atom is 0.326 e. The summed E-state index contributed by atoms with van der Waals surface area (Å²) < 4.78 is 0. The van der Waals surface area contributed by atoms with Crippen molar-refractivity contribution in [2.24, 2.45) is 5.92 Å². The molecule has 2 rings (SSSR count). The Labute approximate surface area is 122 Å². The van der Waals surface area contributed by atoms with Crippen LogP contribution in [0.2, 0.25) is 0 Å². The number of amides is 1. The van der Waals surface area contributed by atoms with Gasteiger partial charge >= 0.3 is 5.97 Å². The third kappa shape index (κ3) is 2.99. The van der Waals surface area contributed by atoms with Gasteiger partial charge in [-0.25, -0.2) is 4.79 Å². The maximum absolute atomic E-state index is 12.6. The molecule has 2 atom stereocenters. The fraction of sp³-hybridized carbons (Fsp3) is 0.533. The number of rotatable bonds is 2. The molecule has 1 amide bonds. The number of carboxylic acid groups (broad SMARTS) is 1. The first-order chi connectivity index (χ1) is 9.81. The van der Waals surface area contributed by atoms with Crippen molar-refractivity contribution in [1.82, 2.24) is 9.88 Å². The van der Waals surface area contributed by atoms with Crippen LogP contribution in [-0.2, 0) is 4.79 Å². The number of carbonyl (C=O) groups excluding carboxylic acids is 1. The van der Waals surface area contributed by atoms with E-state index in [0.717, 1.165) is 6.42 Å². The molecule has 0 aromatic carbocycles. The number of nitrogens with one attached hydrogen (secondary N) is 1. The lowest BCUT2D eigenvalue weighted by atomic mass is 9.91. The Morgan fingerprint density at radius 3 is 2.62 bits per heavy atom. The van der Waals surface area contributed by atoms with Crippen molar-refractivity contribution in [3.63, 3.8) is 0 Å². The van der Waals surface area contributed by atoms with Gasteiger partial charge in [-0.05, 0) is 44.2 Å². The molecule has 0 radical (unpaired) electrons. The van der Waals surface area contributed by atoms with Crippen LogP contribution in [0.1, 0.15) is 41.4 Å². The molecule has 1 saturated heterocycles. The number of hydrogen-bond acceptors (Lipinski definition) is 3. The highest BCUT2D eigenvalue weighted by Crippen LogP contribution is 2.24. The highest BCUT2D eigenvalue weighted by Gasteiger charge is 2.36. The molecule has 6 nitrogen and oxygen atoms in total. The summed E-state index contributed by atoms with van der Waals surface area (Å²) in [5, 5.41) is 9.33. The quantitative estimate of drug-likeness (QED) is 0.860. The van der Waals surface area contributed by atoms with Crippen molar-refractivity contribution < 1.29 is 14.7 Å². The van der Waals surface area contributed by atoms with Crippen LogP contribution in [0.25, 0.3) is 0 Å². The van der Waals surface area contributed by atoms with E-state index < -0.39 is 23.5 Å². The standard InChI is InChI=1S/C15H20N2O4/c1-8-4-5-17(11(6-8)15(20)21)14(19)12-9(2)7-10(3)16-13(12)18/h7-8,11H,4-6H2,1-3H3,(H,16,18)(H,20,21). The largest absolute Gasteiger partial charge is 0.480 e. The van der Waals surface area contributed by atoms with E-state index in [4.69, 9.17) is 0 Å². The summed E-state index contributed by atoms with van der Waals surface area (Å²) in [5.74, 6) is -1.25. The van der Waals surface area contributed by atoms with Gasteiger partial charge in [-0.2, -0.15) is 0 Å². The van der Waals surface area contributed by atoms with Gasteiger partial charge in [0.15, 0.2) is 0 Å². The Balaban J connectivity index is 2.39. The number of H-pyrrole nitrogens is 1. The van der Waals surface area contributed by atoms with Crippen LogP contribution in [0.4, 0.5) is 0 Å². The minimum absolute atomic E-state index is 0.0430. The van der Waals surface area contributed by atoms with Gasteiger partial charge in [0.1, 0.15) is 11.6 Å². The molecule has 2 unspecified atom stereocenters. The Kier molecular flexibility index (Phi) is 4.16. The highest BCUT2D eigenvalue weighted by molar-refractivity contribution is 5.97. The Morgan fingerprint density at radius 1 is 1.38 bits per heavy atom. The molecular weight excluding hydrogens is 272 g/mol. The molecule has 1 aromatic heterocycles. The minimum atomic E-state index is -1.02. The van der Waals surface area contributed by atoms with Crippen molar-refractivity contribution in [3.8, 4) is 0 Å². The van der Waals surface area contributed by atoms with Gasteiger partial charge in [-0.1, -0.05) is 6.92 Å². The van der Waals surface area contributed by atoms with E-state index in [1.807, 2.05) is 6.92 Å². The average molecular weight is 292 g/mol. The number of carboxylic acids is 1. The second kappa shape index (κ2) is 5.71. The summed E-state index contributed by atoms with van der Waals surface area (Å²) in [5.41, 5.74) is 0.835. The van der Waals surface area contributed by atoms with E-state index in [-0.39, 0.29) is 11.5 Å². The number of aryl methyl sites for hydroxylation is 2. The number of piperidine rings is 1. The Hall–Kier alpha value is -2.11. The molecule has 0 bridgehead atoms. The number of hydrogen-bond donors (Lipinski definition) is 2. The predicted octanol–water partition coefficient (Wildman–Crippen LogP) is 1.32. The van der Waals surface area contributed by atoms with Gasteiger partial charge in [0, 0.05) is 12.2 Å². The molecule has 2 heterocycles. The first kappa shape index (κ1) is 15.3. The van der Waals surface area contributed by atoms with Gasteiger partial charge in [0.05, 0.1) is 0 Å². The molecule has 1 fully saturated rings. The third-order valence-electron chi connectivity index (χ3n) is 3.99. The summed E-state index contributed by atoms with van der Waals surface area (Å²) in [6.45, 7) is 5.77. The van der Waals surface area contributed by atoms with E-state index in [1.165, 1.54) is 4.90 Å². The van der Waals surface area contributed by atoms with Crippen molar-refractivity contribution in [1.29, 1.82) is 0 Å². The van der Waals surface area contributed by atoms with E-state index in [1.54, 1.807) is 19.9 Å². The fourth-order valence-corrected chi connectivity index (χ4v) is 2.88. The van der Waals surface area contributed by atoms with Gasteiger partial charge in [-0.15, -0.1) is 0 Å².